The van der Waals surface area contributed by atoms with E-state index in [9.17, 15) is 9.18 Å². The van der Waals surface area contributed by atoms with Crippen LogP contribution < -0.4 is 5.32 Å². The predicted octanol–water partition coefficient (Wildman–Crippen LogP) is 1.86. The number of hydrogen-bond acceptors (Lipinski definition) is 3. The molecule has 1 aromatic rings. The van der Waals surface area contributed by atoms with Crippen molar-refractivity contribution in [2.45, 2.75) is 19.3 Å². The Hall–Kier alpha value is -1.46. The Kier molecular flexibility index (Phi) is 7.07. The summed E-state index contributed by atoms with van der Waals surface area (Å²) in [5.41, 5.74) is 0.597. The minimum atomic E-state index is -0.320. The molecule has 1 rings (SSSR count). The third kappa shape index (κ3) is 6.88. The largest absolute Gasteiger partial charge is 0.396 e. The van der Waals surface area contributed by atoms with E-state index in [4.69, 9.17) is 5.11 Å². The summed E-state index contributed by atoms with van der Waals surface area (Å²) in [6, 6.07) is 5.70. The van der Waals surface area contributed by atoms with E-state index in [1.165, 1.54) is 24.3 Å². The number of aliphatic hydroxyl groups is 1. The van der Waals surface area contributed by atoms with Crippen LogP contribution in [-0.2, 0) is 4.79 Å². The zero-order valence-corrected chi connectivity index (χ0v) is 11.2. The molecule has 0 spiro atoms. The van der Waals surface area contributed by atoms with Gasteiger partial charge < -0.3 is 10.4 Å². The number of carbonyl (C=O) groups is 1. The molecule has 0 heterocycles. The molecule has 0 atom stereocenters. The van der Waals surface area contributed by atoms with Gasteiger partial charge in [-0.2, -0.15) is 0 Å². The van der Waals surface area contributed by atoms with Gasteiger partial charge in [-0.05, 0) is 57.1 Å². The Balaban J connectivity index is 2.24. The molecule has 0 aliphatic heterocycles. The fourth-order valence-corrected chi connectivity index (χ4v) is 1.73. The standard InChI is InChI=1S/C14H21FN2O2/c1-17(9-3-2-4-10-18)11-14(19)16-13-7-5-12(15)6-8-13/h5-8,18H,2-4,9-11H2,1H3,(H,16,19). The topological polar surface area (TPSA) is 52.6 Å². The first-order valence-electron chi connectivity index (χ1n) is 6.46. The zero-order valence-electron chi connectivity index (χ0n) is 11.2. The molecule has 0 bridgehead atoms. The van der Waals surface area contributed by atoms with Crippen molar-refractivity contribution in [3.63, 3.8) is 0 Å². The molecular formula is C14H21FN2O2. The van der Waals surface area contributed by atoms with Crippen molar-refractivity contribution in [1.29, 1.82) is 0 Å². The molecular weight excluding hydrogens is 247 g/mol. The lowest BCUT2D eigenvalue weighted by molar-refractivity contribution is -0.117. The highest BCUT2D eigenvalue weighted by molar-refractivity contribution is 5.92. The summed E-state index contributed by atoms with van der Waals surface area (Å²) in [4.78, 5) is 13.6. The van der Waals surface area contributed by atoms with Gasteiger partial charge in [0.1, 0.15) is 5.82 Å². The molecule has 0 unspecified atom stereocenters. The van der Waals surface area contributed by atoms with Crippen LogP contribution in [-0.4, -0.2) is 42.7 Å². The minimum absolute atomic E-state index is 0.115. The third-order valence-corrected chi connectivity index (χ3v) is 2.74. The van der Waals surface area contributed by atoms with E-state index in [0.29, 0.717) is 12.2 Å². The van der Waals surface area contributed by atoms with Gasteiger partial charge in [0.15, 0.2) is 0 Å². The van der Waals surface area contributed by atoms with Crippen molar-refractivity contribution >= 4 is 11.6 Å². The van der Waals surface area contributed by atoms with Gasteiger partial charge in [-0.1, -0.05) is 0 Å². The number of unbranched alkanes of at least 4 members (excludes halogenated alkanes) is 2. The first-order chi connectivity index (χ1) is 9.11. The molecule has 106 valence electrons. The van der Waals surface area contributed by atoms with Crippen molar-refractivity contribution in [3.8, 4) is 0 Å². The average molecular weight is 268 g/mol. The summed E-state index contributed by atoms with van der Waals surface area (Å²) in [6.07, 6.45) is 2.72. The number of anilines is 1. The molecule has 4 nitrogen and oxygen atoms in total. The Labute approximate surface area is 113 Å². The van der Waals surface area contributed by atoms with Crippen LogP contribution in [0.15, 0.2) is 24.3 Å². The van der Waals surface area contributed by atoms with Crippen LogP contribution in [0.4, 0.5) is 10.1 Å². The maximum absolute atomic E-state index is 12.7. The van der Waals surface area contributed by atoms with Gasteiger partial charge in [0.05, 0.1) is 6.54 Å². The van der Waals surface area contributed by atoms with Crippen LogP contribution in [0.2, 0.25) is 0 Å². The summed E-state index contributed by atoms with van der Waals surface area (Å²) >= 11 is 0. The van der Waals surface area contributed by atoms with Crippen molar-refractivity contribution in [3.05, 3.63) is 30.1 Å². The van der Waals surface area contributed by atoms with Crippen molar-refractivity contribution in [2.75, 3.05) is 32.1 Å². The maximum atomic E-state index is 12.7. The Morgan fingerprint density at radius 1 is 1.26 bits per heavy atom. The number of nitrogens with one attached hydrogen (secondary N) is 1. The van der Waals surface area contributed by atoms with Crippen molar-refractivity contribution < 1.29 is 14.3 Å². The monoisotopic (exact) mass is 268 g/mol. The smallest absolute Gasteiger partial charge is 0.238 e. The van der Waals surface area contributed by atoms with E-state index in [-0.39, 0.29) is 18.3 Å². The van der Waals surface area contributed by atoms with Gasteiger partial charge in [-0.15, -0.1) is 0 Å². The molecule has 0 saturated carbocycles. The fourth-order valence-electron chi connectivity index (χ4n) is 1.73. The second kappa shape index (κ2) is 8.61. The second-order valence-electron chi connectivity index (χ2n) is 4.58. The van der Waals surface area contributed by atoms with Gasteiger partial charge in [0.2, 0.25) is 5.91 Å². The van der Waals surface area contributed by atoms with Gasteiger partial charge in [-0.3, -0.25) is 9.69 Å². The molecule has 0 fully saturated rings. The van der Waals surface area contributed by atoms with E-state index < -0.39 is 0 Å². The summed E-state index contributed by atoms with van der Waals surface area (Å²) < 4.78 is 12.7. The maximum Gasteiger partial charge on any atom is 0.238 e. The van der Waals surface area contributed by atoms with E-state index >= 15 is 0 Å². The molecule has 0 radical (unpaired) electrons. The Morgan fingerprint density at radius 3 is 2.58 bits per heavy atom. The summed E-state index contributed by atoms with van der Waals surface area (Å²) in [7, 11) is 1.88. The van der Waals surface area contributed by atoms with E-state index in [1.807, 2.05) is 11.9 Å². The molecule has 1 amide bonds. The van der Waals surface area contributed by atoms with Crippen LogP contribution in [0, 0.1) is 5.82 Å². The lowest BCUT2D eigenvalue weighted by Gasteiger charge is -2.16. The molecule has 2 N–H and O–H groups in total. The Bertz CT molecular complexity index is 382. The number of hydrogen-bond donors (Lipinski definition) is 2. The normalized spacial score (nSPS) is 10.7. The molecule has 0 aliphatic carbocycles. The number of amides is 1. The highest BCUT2D eigenvalue weighted by Gasteiger charge is 2.06. The van der Waals surface area contributed by atoms with E-state index in [0.717, 1.165) is 25.8 Å². The van der Waals surface area contributed by atoms with Gasteiger partial charge in [-0.25, -0.2) is 4.39 Å². The number of benzene rings is 1. The summed E-state index contributed by atoms with van der Waals surface area (Å²) in [5.74, 6) is -0.435. The molecule has 19 heavy (non-hydrogen) atoms. The summed E-state index contributed by atoms with van der Waals surface area (Å²) in [6.45, 7) is 1.34. The molecule has 0 aromatic heterocycles. The first kappa shape index (κ1) is 15.6. The van der Waals surface area contributed by atoms with Gasteiger partial charge >= 0.3 is 0 Å². The van der Waals surface area contributed by atoms with Gasteiger partial charge in [0, 0.05) is 12.3 Å². The highest BCUT2D eigenvalue weighted by Crippen LogP contribution is 2.08. The predicted molar refractivity (Wildman–Crippen MR) is 73.5 cm³/mol. The van der Waals surface area contributed by atoms with Gasteiger partial charge in [0.25, 0.3) is 0 Å². The van der Waals surface area contributed by atoms with Crippen LogP contribution in [0.5, 0.6) is 0 Å². The second-order valence-corrected chi connectivity index (χ2v) is 4.58. The minimum Gasteiger partial charge on any atom is -0.396 e. The van der Waals surface area contributed by atoms with Crippen molar-refractivity contribution in [1.82, 2.24) is 4.90 Å². The molecule has 1 aromatic carbocycles. The van der Waals surface area contributed by atoms with Crippen LogP contribution in [0.25, 0.3) is 0 Å². The lowest BCUT2D eigenvalue weighted by Crippen LogP contribution is -2.30. The number of likely N-dealkylation sites (N-methyl/N-ethyl adjacent to an activating group) is 1. The number of halogens is 1. The van der Waals surface area contributed by atoms with Crippen LogP contribution in [0.1, 0.15) is 19.3 Å². The first-order valence-corrected chi connectivity index (χ1v) is 6.46. The Morgan fingerprint density at radius 2 is 1.95 bits per heavy atom. The number of aliphatic hydroxyl groups excluding tert-OH is 1. The quantitative estimate of drug-likeness (QED) is 0.708. The lowest BCUT2D eigenvalue weighted by atomic mass is 10.2. The molecule has 0 saturated heterocycles. The number of nitrogens with zero attached hydrogens (tertiary/aromatic N) is 1. The zero-order chi connectivity index (χ0) is 14.1. The van der Waals surface area contributed by atoms with Crippen molar-refractivity contribution in [2.24, 2.45) is 0 Å². The van der Waals surface area contributed by atoms with E-state index in [2.05, 4.69) is 5.32 Å². The van der Waals surface area contributed by atoms with Crippen LogP contribution >= 0.6 is 0 Å². The molecule has 5 heteroatoms. The molecule has 0 aliphatic rings. The average Bonchev–Trinajstić information content (AvgIpc) is 2.37. The fraction of sp³-hybridized carbons (Fsp3) is 0.500. The number of carbonyl (C=O) groups excluding carboxylic acids is 1. The summed E-state index contributed by atoms with van der Waals surface area (Å²) in [5, 5.41) is 11.4. The van der Waals surface area contributed by atoms with E-state index in [1.54, 1.807) is 0 Å². The third-order valence-electron chi connectivity index (χ3n) is 2.74. The highest BCUT2D eigenvalue weighted by atomic mass is 19.1. The van der Waals surface area contributed by atoms with Crippen LogP contribution in [0.3, 0.4) is 0 Å². The number of rotatable bonds is 8. The SMILES string of the molecule is CN(CCCCCO)CC(=O)Nc1ccc(F)cc1.